The molecule has 0 aliphatic carbocycles. The Morgan fingerprint density at radius 2 is 1.83 bits per heavy atom. The Morgan fingerprint density at radius 3 is 2.54 bits per heavy atom. The summed E-state index contributed by atoms with van der Waals surface area (Å²) in [5, 5.41) is 2.60. The zero-order chi connectivity index (χ0) is 17.4. The number of amides is 1. The number of hydrogen-bond acceptors (Lipinski definition) is 3. The Hall–Kier alpha value is -2.40. The van der Waals surface area contributed by atoms with Crippen molar-refractivity contribution >= 4 is 21.8 Å². The number of carbonyl (C=O) groups is 1. The lowest BCUT2D eigenvalue weighted by Gasteiger charge is -2.05. The van der Waals surface area contributed by atoms with E-state index in [9.17, 15) is 13.2 Å². The van der Waals surface area contributed by atoms with Crippen LogP contribution in [0.4, 0.5) is 0 Å². The van der Waals surface area contributed by atoms with E-state index in [4.69, 9.17) is 0 Å². The van der Waals surface area contributed by atoms with Crippen LogP contribution in [0.1, 0.15) is 16.7 Å². The number of benzene rings is 2. The average molecular weight is 343 g/mol. The Bertz CT molecular complexity index is 812. The minimum Gasteiger partial charge on any atom is -0.352 e. The first-order chi connectivity index (χ1) is 11.4. The van der Waals surface area contributed by atoms with Gasteiger partial charge in [-0.25, -0.2) is 8.42 Å². The van der Waals surface area contributed by atoms with Gasteiger partial charge in [-0.15, -0.1) is 0 Å². The van der Waals surface area contributed by atoms with E-state index in [0.717, 1.165) is 16.7 Å². The van der Waals surface area contributed by atoms with E-state index in [1.54, 1.807) is 18.2 Å². The van der Waals surface area contributed by atoms with E-state index >= 15 is 0 Å². The second-order valence-corrected chi connectivity index (χ2v) is 7.80. The summed E-state index contributed by atoms with van der Waals surface area (Å²) in [4.78, 5) is 11.8. The lowest BCUT2D eigenvalue weighted by molar-refractivity contribution is -0.116. The van der Waals surface area contributed by atoms with Crippen molar-refractivity contribution in [2.75, 3.05) is 12.3 Å². The third-order valence-electron chi connectivity index (χ3n) is 3.41. The molecule has 2 aromatic rings. The predicted octanol–water partition coefficient (Wildman–Crippen LogP) is 2.74. The third kappa shape index (κ3) is 6.38. The molecule has 0 saturated heterocycles. The monoisotopic (exact) mass is 343 g/mol. The lowest BCUT2D eigenvalue weighted by atomic mass is 10.1. The van der Waals surface area contributed by atoms with Gasteiger partial charge in [-0.2, -0.15) is 0 Å². The van der Waals surface area contributed by atoms with Crippen LogP contribution in [0.5, 0.6) is 0 Å². The van der Waals surface area contributed by atoms with Crippen molar-refractivity contribution < 1.29 is 13.2 Å². The first-order valence-electron chi connectivity index (χ1n) is 7.71. The van der Waals surface area contributed by atoms with E-state index in [-0.39, 0.29) is 24.0 Å². The molecule has 0 aliphatic heterocycles. The first-order valence-corrected chi connectivity index (χ1v) is 9.54. The van der Waals surface area contributed by atoms with E-state index in [1.807, 2.05) is 49.4 Å². The SMILES string of the molecule is Cc1cccc(C=CC(=O)NCCS(=O)(=O)Cc2ccccc2)c1. The number of carbonyl (C=O) groups excluding carboxylic acids is 1. The fraction of sp³-hybridized carbons (Fsp3) is 0.211. The fourth-order valence-electron chi connectivity index (χ4n) is 2.23. The van der Waals surface area contributed by atoms with Crippen LogP contribution in [0.3, 0.4) is 0 Å². The molecule has 0 aromatic heterocycles. The summed E-state index contributed by atoms with van der Waals surface area (Å²) in [5.74, 6) is -0.388. The summed E-state index contributed by atoms with van der Waals surface area (Å²) >= 11 is 0. The normalized spacial score (nSPS) is 11.5. The van der Waals surface area contributed by atoms with Crippen LogP contribution in [0.25, 0.3) is 6.08 Å². The Balaban J connectivity index is 1.79. The van der Waals surface area contributed by atoms with Gasteiger partial charge in [0.2, 0.25) is 5.91 Å². The zero-order valence-corrected chi connectivity index (χ0v) is 14.4. The quantitative estimate of drug-likeness (QED) is 0.786. The molecular formula is C19H21NO3S. The van der Waals surface area contributed by atoms with Gasteiger partial charge in [0.25, 0.3) is 0 Å². The van der Waals surface area contributed by atoms with E-state index in [1.165, 1.54) is 6.08 Å². The lowest BCUT2D eigenvalue weighted by Crippen LogP contribution is -2.28. The molecular weight excluding hydrogens is 322 g/mol. The van der Waals surface area contributed by atoms with E-state index < -0.39 is 9.84 Å². The largest absolute Gasteiger partial charge is 0.352 e. The van der Waals surface area contributed by atoms with Crippen molar-refractivity contribution in [1.82, 2.24) is 5.32 Å². The van der Waals surface area contributed by atoms with E-state index in [2.05, 4.69) is 5.32 Å². The van der Waals surface area contributed by atoms with Crippen molar-refractivity contribution in [1.29, 1.82) is 0 Å². The molecule has 126 valence electrons. The van der Waals surface area contributed by atoms with Crippen LogP contribution in [-0.2, 0) is 20.4 Å². The zero-order valence-electron chi connectivity index (χ0n) is 13.6. The van der Waals surface area contributed by atoms with Gasteiger partial charge in [0.05, 0.1) is 11.5 Å². The predicted molar refractivity (Wildman–Crippen MR) is 97.2 cm³/mol. The smallest absolute Gasteiger partial charge is 0.244 e. The molecule has 24 heavy (non-hydrogen) atoms. The topological polar surface area (TPSA) is 63.2 Å². The highest BCUT2D eigenvalue weighted by molar-refractivity contribution is 7.90. The number of sulfone groups is 1. The van der Waals surface area contributed by atoms with Crippen LogP contribution < -0.4 is 5.32 Å². The summed E-state index contributed by atoms with van der Waals surface area (Å²) in [6.07, 6.45) is 3.12. The summed E-state index contributed by atoms with van der Waals surface area (Å²) in [6.45, 7) is 2.08. The standard InChI is InChI=1S/C19H21NO3S/c1-16-6-5-9-17(14-16)10-11-19(21)20-12-13-24(22,23)15-18-7-3-2-4-8-18/h2-11,14H,12-13,15H2,1H3,(H,20,21). The molecule has 5 heteroatoms. The molecule has 4 nitrogen and oxygen atoms in total. The van der Waals surface area contributed by atoms with E-state index in [0.29, 0.717) is 0 Å². The van der Waals surface area contributed by atoms with Gasteiger partial charge in [-0.3, -0.25) is 4.79 Å². The van der Waals surface area contributed by atoms with Crippen molar-refractivity contribution in [2.45, 2.75) is 12.7 Å². The van der Waals surface area contributed by atoms with Gasteiger partial charge < -0.3 is 5.32 Å². The molecule has 0 saturated carbocycles. The highest BCUT2D eigenvalue weighted by Crippen LogP contribution is 2.06. The van der Waals surface area contributed by atoms with Crippen molar-refractivity contribution in [3.8, 4) is 0 Å². The third-order valence-corrected chi connectivity index (χ3v) is 5.01. The molecule has 0 unspecified atom stereocenters. The van der Waals surface area contributed by atoms with Crippen molar-refractivity contribution in [2.24, 2.45) is 0 Å². The van der Waals surface area contributed by atoms with Gasteiger partial charge in [0.15, 0.2) is 9.84 Å². The maximum atomic E-state index is 12.0. The molecule has 0 aliphatic rings. The van der Waals surface area contributed by atoms with Crippen LogP contribution in [-0.4, -0.2) is 26.6 Å². The molecule has 2 rings (SSSR count). The molecule has 0 heterocycles. The van der Waals surface area contributed by atoms with Gasteiger partial charge in [-0.05, 0) is 24.1 Å². The number of hydrogen-bond donors (Lipinski definition) is 1. The Labute approximate surface area is 143 Å². The second-order valence-electron chi connectivity index (χ2n) is 5.62. The van der Waals surface area contributed by atoms with Crippen LogP contribution in [0, 0.1) is 6.92 Å². The first kappa shape index (κ1) is 17.9. The summed E-state index contributed by atoms with van der Waals surface area (Å²) in [6, 6.07) is 16.8. The number of rotatable bonds is 7. The molecule has 0 radical (unpaired) electrons. The summed E-state index contributed by atoms with van der Waals surface area (Å²) in [7, 11) is -3.24. The van der Waals surface area contributed by atoms with Crippen LogP contribution in [0.15, 0.2) is 60.7 Å². The molecule has 0 bridgehead atoms. The van der Waals surface area contributed by atoms with Crippen LogP contribution >= 0.6 is 0 Å². The van der Waals surface area contributed by atoms with Gasteiger partial charge in [0, 0.05) is 12.6 Å². The Kier molecular flexibility index (Phi) is 6.32. The van der Waals surface area contributed by atoms with Crippen molar-refractivity contribution in [3.05, 3.63) is 77.4 Å². The van der Waals surface area contributed by atoms with Gasteiger partial charge >= 0.3 is 0 Å². The minimum atomic E-state index is -3.24. The van der Waals surface area contributed by atoms with Gasteiger partial charge in [-0.1, -0.05) is 60.2 Å². The highest BCUT2D eigenvalue weighted by Gasteiger charge is 2.11. The molecule has 1 N–H and O–H groups in total. The molecule has 2 aromatic carbocycles. The number of nitrogens with one attached hydrogen (secondary N) is 1. The summed E-state index contributed by atoms with van der Waals surface area (Å²) < 4.78 is 24.1. The van der Waals surface area contributed by atoms with Crippen molar-refractivity contribution in [3.63, 3.8) is 0 Å². The molecule has 0 atom stereocenters. The molecule has 1 amide bonds. The molecule has 0 fully saturated rings. The van der Waals surface area contributed by atoms with Gasteiger partial charge in [0.1, 0.15) is 0 Å². The maximum Gasteiger partial charge on any atom is 0.244 e. The summed E-state index contributed by atoms with van der Waals surface area (Å²) in [5.41, 5.74) is 2.80. The number of aryl methyl sites for hydroxylation is 1. The van der Waals surface area contributed by atoms with Crippen LogP contribution in [0.2, 0.25) is 0 Å². The average Bonchev–Trinajstić information content (AvgIpc) is 2.53. The highest BCUT2D eigenvalue weighted by atomic mass is 32.2. The second kappa shape index (κ2) is 8.45. The maximum absolute atomic E-state index is 12.0. The molecule has 0 spiro atoms. The minimum absolute atomic E-state index is 0.0111. The fourth-order valence-corrected chi connectivity index (χ4v) is 3.49. The Morgan fingerprint density at radius 1 is 1.08 bits per heavy atom.